The first kappa shape index (κ1) is 20.0. The van der Waals surface area contributed by atoms with Gasteiger partial charge >= 0.3 is 0 Å². The maximum Gasteiger partial charge on any atom is 0.258 e. The molecule has 0 saturated heterocycles. The van der Waals surface area contributed by atoms with Crippen LogP contribution in [0.3, 0.4) is 0 Å². The minimum atomic E-state index is -0.421. The van der Waals surface area contributed by atoms with Crippen LogP contribution in [0.4, 0.5) is 5.69 Å². The summed E-state index contributed by atoms with van der Waals surface area (Å²) in [4.78, 5) is 30.6. The number of H-pyrrole nitrogens is 1. The Labute approximate surface area is 156 Å². The zero-order chi connectivity index (χ0) is 18.9. The van der Waals surface area contributed by atoms with Gasteiger partial charge in [-0.2, -0.15) is 4.98 Å². The molecule has 0 bridgehead atoms. The highest BCUT2D eigenvalue weighted by Gasteiger charge is 2.12. The monoisotopic (exact) mass is 377 g/mol. The van der Waals surface area contributed by atoms with Crippen LogP contribution in [0.25, 0.3) is 0 Å². The average Bonchev–Trinajstić information content (AvgIpc) is 2.63. The third-order valence-corrected chi connectivity index (χ3v) is 4.53. The molecule has 0 aliphatic carbocycles. The number of aryl methyl sites for hydroxylation is 1. The van der Waals surface area contributed by atoms with Gasteiger partial charge in [-0.25, -0.2) is 0 Å². The molecular weight excluding hydrogens is 354 g/mol. The number of rotatable bonds is 9. The van der Waals surface area contributed by atoms with Gasteiger partial charge in [0.25, 0.3) is 5.56 Å². The molecule has 1 amide bonds. The zero-order valence-electron chi connectivity index (χ0n) is 14.9. The molecule has 2 aromatic rings. The second kappa shape index (κ2) is 9.98. The van der Waals surface area contributed by atoms with Gasteiger partial charge in [0.15, 0.2) is 5.16 Å². The molecular formula is C18H23N3O4S. The predicted molar refractivity (Wildman–Crippen MR) is 102 cm³/mol. The van der Waals surface area contributed by atoms with Crippen molar-refractivity contribution >= 4 is 23.4 Å². The summed E-state index contributed by atoms with van der Waals surface area (Å²) in [6.45, 7) is 4.79. The van der Waals surface area contributed by atoms with Crippen LogP contribution < -0.4 is 10.9 Å². The second-order valence-electron chi connectivity index (χ2n) is 5.51. The Balaban J connectivity index is 1.91. The molecule has 0 aliphatic rings. The molecule has 1 aromatic heterocycles. The first-order chi connectivity index (χ1) is 12.5. The average molecular weight is 377 g/mol. The van der Waals surface area contributed by atoms with Crippen LogP contribution in [0, 0.1) is 0 Å². The molecule has 7 nitrogen and oxygen atoms in total. The van der Waals surface area contributed by atoms with Crippen LogP contribution in [0.2, 0.25) is 0 Å². The number of hydrogen-bond donors (Lipinski definition) is 3. The van der Waals surface area contributed by atoms with Crippen LogP contribution in [-0.4, -0.2) is 39.9 Å². The fourth-order valence-corrected chi connectivity index (χ4v) is 2.89. The number of carbonyl (C=O) groups excluding carboxylic acids is 1. The number of amides is 1. The molecule has 0 atom stereocenters. The van der Waals surface area contributed by atoms with E-state index in [0.29, 0.717) is 18.9 Å². The predicted octanol–water partition coefficient (Wildman–Crippen LogP) is 2.35. The number of thioether (sulfide) groups is 1. The largest absolute Gasteiger partial charge is 0.493 e. The van der Waals surface area contributed by atoms with Crippen molar-refractivity contribution in [1.82, 2.24) is 9.97 Å². The Morgan fingerprint density at radius 3 is 2.65 bits per heavy atom. The van der Waals surface area contributed by atoms with E-state index in [1.165, 1.54) is 5.56 Å². The van der Waals surface area contributed by atoms with E-state index in [9.17, 15) is 14.7 Å². The number of ether oxygens (including phenoxy) is 1. The Morgan fingerprint density at radius 2 is 2.04 bits per heavy atom. The highest BCUT2D eigenvalue weighted by Crippen LogP contribution is 2.17. The van der Waals surface area contributed by atoms with E-state index in [1.807, 2.05) is 31.2 Å². The fourth-order valence-electron chi connectivity index (χ4n) is 2.23. The van der Waals surface area contributed by atoms with Gasteiger partial charge in [0, 0.05) is 18.7 Å². The second-order valence-corrected chi connectivity index (χ2v) is 6.47. The van der Waals surface area contributed by atoms with Crippen molar-refractivity contribution in [2.45, 2.75) is 31.8 Å². The zero-order valence-corrected chi connectivity index (χ0v) is 15.7. The molecule has 8 heteroatoms. The summed E-state index contributed by atoms with van der Waals surface area (Å²) in [5.74, 6) is -0.482. The normalized spacial score (nSPS) is 10.7. The molecule has 0 fully saturated rings. The van der Waals surface area contributed by atoms with E-state index in [-0.39, 0.29) is 34.7 Å². The van der Waals surface area contributed by atoms with Crippen molar-refractivity contribution in [2.75, 3.05) is 24.3 Å². The van der Waals surface area contributed by atoms with Crippen molar-refractivity contribution in [3.63, 3.8) is 0 Å². The summed E-state index contributed by atoms with van der Waals surface area (Å²) in [5.41, 5.74) is 1.67. The van der Waals surface area contributed by atoms with E-state index in [2.05, 4.69) is 22.2 Å². The number of hydrogen-bond acceptors (Lipinski definition) is 6. The van der Waals surface area contributed by atoms with E-state index in [1.54, 1.807) is 0 Å². The van der Waals surface area contributed by atoms with Crippen LogP contribution in [0.15, 0.2) is 34.2 Å². The quantitative estimate of drug-likeness (QED) is 0.352. The SMILES string of the molecule is CCOCCc1c(O)nc(SCC(=O)Nc2ccc(CC)cc2)[nH]c1=O. The summed E-state index contributed by atoms with van der Waals surface area (Å²) in [6, 6.07) is 7.61. The number of aromatic hydroxyl groups is 1. The molecule has 3 N–H and O–H groups in total. The summed E-state index contributed by atoms with van der Waals surface area (Å²) in [5, 5.41) is 12.9. The molecule has 2 rings (SSSR count). The first-order valence-electron chi connectivity index (χ1n) is 8.45. The van der Waals surface area contributed by atoms with E-state index < -0.39 is 5.56 Å². The lowest BCUT2D eigenvalue weighted by molar-refractivity contribution is -0.113. The molecule has 1 heterocycles. The summed E-state index contributed by atoms with van der Waals surface area (Å²) >= 11 is 1.05. The number of nitrogens with one attached hydrogen (secondary N) is 2. The van der Waals surface area contributed by atoms with Gasteiger partial charge in [0.2, 0.25) is 11.8 Å². The first-order valence-corrected chi connectivity index (χ1v) is 9.43. The third kappa shape index (κ3) is 5.89. The Bertz CT molecular complexity index is 790. The number of benzene rings is 1. The highest BCUT2D eigenvalue weighted by molar-refractivity contribution is 7.99. The van der Waals surface area contributed by atoms with Gasteiger partial charge in [-0.05, 0) is 31.0 Å². The van der Waals surface area contributed by atoms with Crippen LogP contribution >= 0.6 is 11.8 Å². The van der Waals surface area contributed by atoms with Gasteiger partial charge in [0.05, 0.1) is 17.9 Å². The summed E-state index contributed by atoms with van der Waals surface area (Å²) < 4.78 is 5.18. The Kier molecular flexibility index (Phi) is 7.68. The van der Waals surface area contributed by atoms with E-state index in [4.69, 9.17) is 4.74 Å². The molecule has 0 saturated carbocycles. The van der Waals surface area contributed by atoms with Crippen molar-refractivity contribution in [3.05, 3.63) is 45.7 Å². The highest BCUT2D eigenvalue weighted by atomic mass is 32.2. The standard InChI is InChI=1S/C18H23N3O4S/c1-3-12-5-7-13(8-6-12)19-15(22)11-26-18-20-16(23)14(17(24)21-18)9-10-25-4-2/h5-8H,3-4,9-11H2,1-2H3,(H,19,22)(H2,20,21,23,24). The lowest BCUT2D eigenvalue weighted by Gasteiger charge is -2.07. The van der Waals surface area contributed by atoms with Gasteiger partial charge in [-0.1, -0.05) is 30.8 Å². The summed E-state index contributed by atoms with van der Waals surface area (Å²) in [7, 11) is 0. The number of carbonyl (C=O) groups is 1. The van der Waals surface area contributed by atoms with Crippen molar-refractivity contribution < 1.29 is 14.6 Å². The molecule has 26 heavy (non-hydrogen) atoms. The van der Waals surface area contributed by atoms with Crippen LogP contribution in [0.5, 0.6) is 5.88 Å². The minimum Gasteiger partial charge on any atom is -0.493 e. The molecule has 0 unspecified atom stereocenters. The Hall–Kier alpha value is -2.32. The number of aromatic nitrogens is 2. The molecule has 0 aliphatic heterocycles. The van der Waals surface area contributed by atoms with Crippen molar-refractivity contribution in [1.29, 1.82) is 0 Å². The number of nitrogens with zero attached hydrogens (tertiary/aromatic N) is 1. The molecule has 140 valence electrons. The smallest absolute Gasteiger partial charge is 0.258 e. The lowest BCUT2D eigenvalue weighted by Crippen LogP contribution is -2.18. The van der Waals surface area contributed by atoms with Gasteiger partial charge in [0.1, 0.15) is 0 Å². The van der Waals surface area contributed by atoms with E-state index in [0.717, 1.165) is 18.2 Å². The van der Waals surface area contributed by atoms with Crippen molar-refractivity contribution in [2.24, 2.45) is 0 Å². The maximum atomic E-state index is 12.0. The van der Waals surface area contributed by atoms with Gasteiger partial charge in [-0.15, -0.1) is 0 Å². The van der Waals surface area contributed by atoms with Crippen LogP contribution in [0.1, 0.15) is 25.0 Å². The lowest BCUT2D eigenvalue weighted by atomic mass is 10.1. The maximum absolute atomic E-state index is 12.0. The van der Waals surface area contributed by atoms with Crippen LogP contribution in [-0.2, 0) is 22.4 Å². The molecule has 0 spiro atoms. The van der Waals surface area contributed by atoms with Crippen molar-refractivity contribution in [3.8, 4) is 5.88 Å². The molecule has 0 radical (unpaired) electrons. The number of aromatic amines is 1. The van der Waals surface area contributed by atoms with Gasteiger partial charge in [-0.3, -0.25) is 9.59 Å². The minimum absolute atomic E-state index is 0.0657. The third-order valence-electron chi connectivity index (χ3n) is 3.66. The summed E-state index contributed by atoms with van der Waals surface area (Å²) in [6.07, 6.45) is 1.22. The number of anilines is 1. The Morgan fingerprint density at radius 1 is 1.31 bits per heavy atom. The van der Waals surface area contributed by atoms with Gasteiger partial charge < -0.3 is 20.1 Å². The van der Waals surface area contributed by atoms with E-state index >= 15 is 0 Å². The molecule has 1 aromatic carbocycles. The fraction of sp³-hybridized carbons (Fsp3) is 0.389. The topological polar surface area (TPSA) is 104 Å².